The van der Waals surface area contributed by atoms with Gasteiger partial charge in [-0.15, -0.1) is 11.6 Å². The largest absolute Gasteiger partial charge is 0.294 e. The number of alkyl halides is 1. The maximum atomic E-state index is 12.8. The quantitative estimate of drug-likeness (QED) is 0.611. The lowest BCUT2D eigenvalue weighted by Gasteiger charge is -1.96. The molecule has 4 heteroatoms. The molecule has 0 saturated heterocycles. The van der Waals surface area contributed by atoms with Crippen LogP contribution in [-0.4, -0.2) is 11.7 Å². The summed E-state index contributed by atoms with van der Waals surface area (Å²) < 4.78 is 13.2. The number of carbonyl (C=O) groups excluding carboxylic acids is 1. The van der Waals surface area contributed by atoms with E-state index in [1.54, 1.807) is 18.2 Å². The minimum Gasteiger partial charge on any atom is -0.294 e. The van der Waals surface area contributed by atoms with Crippen LogP contribution in [0.25, 0.3) is 6.08 Å². The van der Waals surface area contributed by atoms with Crippen molar-refractivity contribution in [2.24, 2.45) is 0 Å². The third-order valence-corrected chi connectivity index (χ3v) is 2.41. The van der Waals surface area contributed by atoms with E-state index in [1.165, 1.54) is 12.1 Å². The molecule has 0 unspecified atom stereocenters. The number of rotatable bonds is 3. The normalized spacial score (nSPS) is 10.8. The highest BCUT2D eigenvalue weighted by atomic mass is 79.9. The van der Waals surface area contributed by atoms with E-state index in [4.69, 9.17) is 11.6 Å². The third kappa shape index (κ3) is 3.24. The molecular formula is C10H7BrClFO. The maximum Gasteiger partial charge on any atom is 0.170 e. The zero-order valence-corrected chi connectivity index (χ0v) is 9.48. The lowest BCUT2D eigenvalue weighted by Crippen LogP contribution is -1.91. The summed E-state index contributed by atoms with van der Waals surface area (Å²) >= 11 is 8.35. The van der Waals surface area contributed by atoms with Gasteiger partial charge in [-0.3, -0.25) is 4.79 Å². The van der Waals surface area contributed by atoms with Gasteiger partial charge in [0.1, 0.15) is 5.82 Å². The van der Waals surface area contributed by atoms with E-state index in [0.717, 1.165) is 5.56 Å². The van der Waals surface area contributed by atoms with Crippen molar-refractivity contribution < 1.29 is 9.18 Å². The van der Waals surface area contributed by atoms with Gasteiger partial charge in [0.2, 0.25) is 0 Å². The second kappa shape index (κ2) is 5.27. The molecule has 1 nitrogen and oxygen atoms in total. The molecule has 14 heavy (non-hydrogen) atoms. The Bertz CT molecular complexity index is 376. The molecule has 0 aliphatic carbocycles. The van der Waals surface area contributed by atoms with Gasteiger partial charge in [-0.25, -0.2) is 4.39 Å². The fourth-order valence-electron chi connectivity index (χ4n) is 0.850. The Morgan fingerprint density at radius 3 is 2.86 bits per heavy atom. The topological polar surface area (TPSA) is 17.1 Å². The van der Waals surface area contributed by atoms with E-state index in [0.29, 0.717) is 4.47 Å². The van der Waals surface area contributed by atoms with Gasteiger partial charge in [0.15, 0.2) is 5.78 Å². The van der Waals surface area contributed by atoms with Crippen molar-refractivity contribution in [3.63, 3.8) is 0 Å². The second-order valence-corrected chi connectivity index (χ2v) is 3.73. The summed E-state index contributed by atoms with van der Waals surface area (Å²) in [6.45, 7) is 0. The molecule has 0 aliphatic rings. The number of halogens is 3. The Labute approximate surface area is 94.7 Å². The minimum absolute atomic E-state index is 0.0428. The standard InChI is InChI=1S/C10H7BrClFO/c11-9-5-7(2-4-10(9)13)1-3-8(14)6-12/h1-5H,6H2. The van der Waals surface area contributed by atoms with E-state index in [9.17, 15) is 9.18 Å². The smallest absolute Gasteiger partial charge is 0.170 e. The van der Waals surface area contributed by atoms with Crippen molar-refractivity contribution in [2.45, 2.75) is 0 Å². The molecule has 74 valence electrons. The molecule has 0 N–H and O–H groups in total. The molecule has 1 aromatic rings. The van der Waals surface area contributed by atoms with E-state index in [-0.39, 0.29) is 17.5 Å². The van der Waals surface area contributed by atoms with Gasteiger partial charge in [0.25, 0.3) is 0 Å². The fourth-order valence-corrected chi connectivity index (χ4v) is 1.34. The van der Waals surface area contributed by atoms with E-state index in [2.05, 4.69) is 15.9 Å². The van der Waals surface area contributed by atoms with Crippen LogP contribution in [0.5, 0.6) is 0 Å². The molecule has 0 atom stereocenters. The summed E-state index contributed by atoms with van der Waals surface area (Å²) in [5, 5.41) is 0. The van der Waals surface area contributed by atoms with E-state index in [1.807, 2.05) is 0 Å². The maximum absolute atomic E-state index is 12.8. The van der Waals surface area contributed by atoms with Crippen LogP contribution in [0.2, 0.25) is 0 Å². The number of allylic oxidation sites excluding steroid dienone is 1. The summed E-state index contributed by atoms with van der Waals surface area (Å²) in [6, 6.07) is 4.50. The first-order chi connectivity index (χ1) is 6.63. The molecule has 0 spiro atoms. The zero-order valence-electron chi connectivity index (χ0n) is 7.14. The van der Waals surface area contributed by atoms with Crippen LogP contribution >= 0.6 is 27.5 Å². The SMILES string of the molecule is O=C(C=Cc1ccc(F)c(Br)c1)CCl. The predicted molar refractivity (Wildman–Crippen MR) is 58.9 cm³/mol. The summed E-state index contributed by atoms with van der Waals surface area (Å²) in [4.78, 5) is 10.8. The van der Waals surface area contributed by atoms with Crippen LogP contribution in [0.3, 0.4) is 0 Å². The first kappa shape index (κ1) is 11.4. The van der Waals surface area contributed by atoms with Crippen molar-refractivity contribution in [3.8, 4) is 0 Å². The van der Waals surface area contributed by atoms with Gasteiger partial charge >= 0.3 is 0 Å². The van der Waals surface area contributed by atoms with Gasteiger partial charge < -0.3 is 0 Å². The fraction of sp³-hybridized carbons (Fsp3) is 0.100. The number of hydrogen-bond acceptors (Lipinski definition) is 1. The highest BCUT2D eigenvalue weighted by molar-refractivity contribution is 9.10. The van der Waals surface area contributed by atoms with Crippen molar-refractivity contribution in [1.82, 2.24) is 0 Å². The summed E-state index contributed by atoms with van der Waals surface area (Å²) in [5.41, 5.74) is 0.747. The Morgan fingerprint density at radius 2 is 2.29 bits per heavy atom. The number of ketones is 1. The first-order valence-electron chi connectivity index (χ1n) is 3.85. The molecular weight excluding hydrogens is 270 g/mol. The summed E-state index contributed by atoms with van der Waals surface area (Å²) in [7, 11) is 0. The van der Waals surface area contributed by atoms with Crippen LogP contribution < -0.4 is 0 Å². The van der Waals surface area contributed by atoms with Crippen LogP contribution in [0.15, 0.2) is 28.7 Å². The Balaban J connectivity index is 2.83. The lowest BCUT2D eigenvalue weighted by molar-refractivity contribution is -0.112. The second-order valence-electron chi connectivity index (χ2n) is 2.61. The van der Waals surface area contributed by atoms with Gasteiger partial charge in [0, 0.05) is 0 Å². The molecule has 1 rings (SSSR count). The molecule has 0 bridgehead atoms. The zero-order chi connectivity index (χ0) is 10.6. The first-order valence-corrected chi connectivity index (χ1v) is 5.18. The van der Waals surface area contributed by atoms with Gasteiger partial charge in [0.05, 0.1) is 10.4 Å². The average Bonchev–Trinajstić information content (AvgIpc) is 2.19. The highest BCUT2D eigenvalue weighted by Gasteiger charge is 1.98. The Morgan fingerprint density at radius 1 is 1.57 bits per heavy atom. The van der Waals surface area contributed by atoms with Crippen LogP contribution in [-0.2, 0) is 4.79 Å². The van der Waals surface area contributed by atoms with Crippen molar-refractivity contribution in [1.29, 1.82) is 0 Å². The van der Waals surface area contributed by atoms with Gasteiger partial charge in [-0.1, -0.05) is 12.1 Å². The van der Waals surface area contributed by atoms with Gasteiger partial charge in [-0.2, -0.15) is 0 Å². The van der Waals surface area contributed by atoms with E-state index < -0.39 is 0 Å². The Hall–Kier alpha value is -0.670. The van der Waals surface area contributed by atoms with Crippen molar-refractivity contribution >= 4 is 39.4 Å². The molecule has 0 fully saturated rings. The predicted octanol–water partition coefficient (Wildman–Crippen LogP) is 3.41. The number of carbonyl (C=O) groups is 1. The number of hydrogen-bond donors (Lipinski definition) is 0. The summed E-state index contributed by atoms with van der Waals surface area (Å²) in [5.74, 6) is -0.545. The number of benzene rings is 1. The molecule has 0 radical (unpaired) electrons. The van der Waals surface area contributed by atoms with E-state index >= 15 is 0 Å². The van der Waals surface area contributed by atoms with Crippen LogP contribution in [0.4, 0.5) is 4.39 Å². The minimum atomic E-state index is -0.328. The average molecular weight is 278 g/mol. The molecule has 0 aliphatic heterocycles. The monoisotopic (exact) mass is 276 g/mol. The van der Waals surface area contributed by atoms with Crippen molar-refractivity contribution in [3.05, 3.63) is 40.1 Å². The highest BCUT2D eigenvalue weighted by Crippen LogP contribution is 2.17. The summed E-state index contributed by atoms with van der Waals surface area (Å²) in [6.07, 6.45) is 2.96. The Kier molecular flexibility index (Phi) is 4.29. The molecule has 0 aromatic heterocycles. The molecule has 0 saturated carbocycles. The van der Waals surface area contributed by atoms with Crippen molar-refractivity contribution in [2.75, 3.05) is 5.88 Å². The van der Waals surface area contributed by atoms with Crippen LogP contribution in [0, 0.1) is 5.82 Å². The molecule has 0 amide bonds. The molecule has 0 heterocycles. The molecule has 1 aromatic carbocycles. The van der Waals surface area contributed by atoms with Gasteiger partial charge in [-0.05, 0) is 39.7 Å². The third-order valence-electron chi connectivity index (χ3n) is 1.54. The van der Waals surface area contributed by atoms with Crippen LogP contribution in [0.1, 0.15) is 5.56 Å². The lowest BCUT2D eigenvalue weighted by atomic mass is 10.2.